The van der Waals surface area contributed by atoms with E-state index in [0.29, 0.717) is 61.1 Å². The molecule has 2 aromatic heterocycles. The van der Waals surface area contributed by atoms with Crippen LogP contribution in [0.15, 0.2) is 23.0 Å². The van der Waals surface area contributed by atoms with Gasteiger partial charge in [-0.05, 0) is 49.4 Å². The Balaban J connectivity index is 1.34. The Labute approximate surface area is 195 Å². The van der Waals surface area contributed by atoms with Gasteiger partial charge in [-0.3, -0.25) is 14.5 Å². The first kappa shape index (κ1) is 22.4. The second-order valence-electron chi connectivity index (χ2n) is 8.94. The SMILES string of the molecule is CNC(=O)c1ccc(N2CCN(Cc3cc(C4CC4)c4nc(C)c(=O)[nH]c4c3F)CC2)c(F)n1. The third-order valence-corrected chi connectivity index (χ3v) is 6.60. The molecule has 1 saturated carbocycles. The number of nitrogens with zero attached hydrogens (tertiary/aromatic N) is 4. The molecule has 178 valence electrons. The highest BCUT2D eigenvalue weighted by Crippen LogP contribution is 2.43. The lowest BCUT2D eigenvalue weighted by molar-refractivity contribution is 0.0957. The van der Waals surface area contributed by atoms with Crippen LogP contribution in [0.3, 0.4) is 0 Å². The first-order valence-electron chi connectivity index (χ1n) is 11.4. The van der Waals surface area contributed by atoms with Crippen LogP contribution in [-0.4, -0.2) is 59.0 Å². The largest absolute Gasteiger partial charge is 0.365 e. The number of fused-ring (bicyclic) bond motifs is 1. The Hall–Kier alpha value is -3.40. The highest BCUT2D eigenvalue weighted by atomic mass is 19.1. The first-order chi connectivity index (χ1) is 16.4. The predicted octanol–water partition coefficient (Wildman–Crippen LogP) is 2.46. The number of H-pyrrole nitrogens is 1. The van der Waals surface area contributed by atoms with Gasteiger partial charge in [-0.1, -0.05) is 0 Å². The molecule has 2 fully saturated rings. The van der Waals surface area contributed by atoms with Crippen LogP contribution >= 0.6 is 0 Å². The van der Waals surface area contributed by atoms with E-state index in [9.17, 15) is 14.0 Å². The predicted molar refractivity (Wildman–Crippen MR) is 124 cm³/mol. The van der Waals surface area contributed by atoms with E-state index in [1.165, 1.54) is 13.1 Å². The van der Waals surface area contributed by atoms with Crippen LogP contribution in [0.5, 0.6) is 0 Å². The number of hydrogen-bond acceptors (Lipinski definition) is 6. The molecule has 2 aliphatic rings. The number of piperazine rings is 1. The molecule has 3 aromatic rings. The summed E-state index contributed by atoms with van der Waals surface area (Å²) in [4.78, 5) is 38.6. The molecule has 1 aromatic carbocycles. The summed E-state index contributed by atoms with van der Waals surface area (Å²) in [5, 5.41) is 2.43. The smallest absolute Gasteiger partial charge is 0.269 e. The Kier molecular flexibility index (Phi) is 5.76. The number of halogens is 2. The molecule has 3 heterocycles. The first-order valence-corrected chi connectivity index (χ1v) is 11.4. The Morgan fingerprint density at radius 1 is 1.18 bits per heavy atom. The van der Waals surface area contributed by atoms with E-state index in [0.717, 1.165) is 18.4 Å². The van der Waals surface area contributed by atoms with Crippen LogP contribution < -0.4 is 15.8 Å². The summed E-state index contributed by atoms with van der Waals surface area (Å²) in [6, 6.07) is 4.97. The normalized spacial score (nSPS) is 16.8. The number of anilines is 1. The average molecular weight is 469 g/mol. The number of rotatable bonds is 5. The molecule has 0 radical (unpaired) electrons. The van der Waals surface area contributed by atoms with Crippen molar-refractivity contribution in [2.75, 3.05) is 38.1 Å². The summed E-state index contributed by atoms with van der Waals surface area (Å²) in [5.74, 6) is -1.21. The summed E-state index contributed by atoms with van der Waals surface area (Å²) in [7, 11) is 1.47. The molecule has 0 spiro atoms. The van der Waals surface area contributed by atoms with E-state index in [1.807, 2.05) is 11.0 Å². The van der Waals surface area contributed by atoms with Crippen molar-refractivity contribution in [3.05, 3.63) is 62.8 Å². The van der Waals surface area contributed by atoms with E-state index >= 15 is 4.39 Å². The monoisotopic (exact) mass is 468 g/mol. The quantitative estimate of drug-likeness (QED) is 0.559. The van der Waals surface area contributed by atoms with Gasteiger partial charge in [0.1, 0.15) is 16.9 Å². The minimum absolute atomic E-state index is 0.0309. The van der Waals surface area contributed by atoms with Crippen molar-refractivity contribution in [1.29, 1.82) is 0 Å². The highest BCUT2D eigenvalue weighted by molar-refractivity contribution is 5.92. The van der Waals surface area contributed by atoms with Crippen molar-refractivity contribution in [2.24, 2.45) is 0 Å². The number of aromatic nitrogens is 3. The van der Waals surface area contributed by atoms with Crippen molar-refractivity contribution < 1.29 is 13.6 Å². The van der Waals surface area contributed by atoms with Crippen LogP contribution in [0.25, 0.3) is 11.0 Å². The van der Waals surface area contributed by atoms with Gasteiger partial charge in [0.05, 0.1) is 11.2 Å². The Morgan fingerprint density at radius 2 is 1.91 bits per heavy atom. The lowest BCUT2D eigenvalue weighted by Crippen LogP contribution is -2.46. The number of aryl methyl sites for hydroxylation is 1. The second-order valence-corrected chi connectivity index (χ2v) is 8.94. The standard InChI is InChI=1S/C24H26F2N6O2/c1-13-23(33)30-21-19(25)15(11-16(14-3-4-14)20(21)28-13)12-31-7-9-32(10-8-31)18-6-5-17(24(34)27-2)29-22(18)26/h5-6,11,14H,3-4,7-10,12H2,1-2H3,(H,27,34)(H,30,33). The van der Waals surface area contributed by atoms with Gasteiger partial charge in [0.15, 0.2) is 5.82 Å². The minimum atomic E-state index is -0.684. The van der Waals surface area contributed by atoms with Crippen LogP contribution in [0.1, 0.15) is 46.1 Å². The zero-order chi connectivity index (χ0) is 24.0. The van der Waals surface area contributed by atoms with Gasteiger partial charge >= 0.3 is 0 Å². The van der Waals surface area contributed by atoms with Gasteiger partial charge in [0.25, 0.3) is 11.5 Å². The summed E-state index contributed by atoms with van der Waals surface area (Å²) in [5.41, 5.74) is 2.59. The molecular formula is C24H26F2N6O2. The maximum Gasteiger partial charge on any atom is 0.269 e. The molecule has 0 bridgehead atoms. The van der Waals surface area contributed by atoms with Crippen LogP contribution in [0.2, 0.25) is 0 Å². The van der Waals surface area contributed by atoms with Crippen molar-refractivity contribution in [1.82, 2.24) is 25.2 Å². The maximum atomic E-state index is 15.4. The van der Waals surface area contributed by atoms with Gasteiger partial charge in [-0.15, -0.1) is 0 Å². The second kappa shape index (κ2) is 8.75. The van der Waals surface area contributed by atoms with Crippen molar-refractivity contribution in [3.8, 4) is 0 Å². The number of pyridine rings is 1. The molecule has 0 atom stereocenters. The molecule has 10 heteroatoms. The molecular weight excluding hydrogens is 442 g/mol. The minimum Gasteiger partial charge on any atom is -0.365 e. The van der Waals surface area contributed by atoms with Crippen molar-refractivity contribution in [3.63, 3.8) is 0 Å². The number of nitrogens with one attached hydrogen (secondary N) is 2. The maximum absolute atomic E-state index is 15.4. The van der Waals surface area contributed by atoms with E-state index in [1.54, 1.807) is 13.0 Å². The molecule has 8 nitrogen and oxygen atoms in total. The zero-order valence-corrected chi connectivity index (χ0v) is 19.1. The van der Waals surface area contributed by atoms with Gasteiger partial charge in [0, 0.05) is 45.3 Å². The molecule has 34 heavy (non-hydrogen) atoms. The van der Waals surface area contributed by atoms with E-state index in [4.69, 9.17) is 0 Å². The van der Waals surface area contributed by atoms with E-state index < -0.39 is 17.7 Å². The third-order valence-electron chi connectivity index (χ3n) is 6.60. The topological polar surface area (TPSA) is 94.2 Å². The molecule has 2 N–H and O–H groups in total. The van der Waals surface area contributed by atoms with Crippen LogP contribution in [-0.2, 0) is 6.54 Å². The lowest BCUT2D eigenvalue weighted by atomic mass is 10.0. The average Bonchev–Trinajstić information content (AvgIpc) is 3.67. The summed E-state index contributed by atoms with van der Waals surface area (Å²) in [6.45, 7) is 4.32. The van der Waals surface area contributed by atoms with Crippen LogP contribution in [0, 0.1) is 18.7 Å². The van der Waals surface area contributed by atoms with E-state index in [-0.39, 0.29) is 16.8 Å². The third kappa shape index (κ3) is 4.13. The molecule has 1 saturated heterocycles. The van der Waals surface area contributed by atoms with Gasteiger partial charge < -0.3 is 15.2 Å². The van der Waals surface area contributed by atoms with Crippen molar-refractivity contribution >= 4 is 22.6 Å². The number of aromatic amines is 1. The summed E-state index contributed by atoms with van der Waals surface area (Å²) < 4.78 is 29.9. The number of benzene rings is 1. The number of carbonyl (C=O) groups is 1. The van der Waals surface area contributed by atoms with Crippen LogP contribution in [0.4, 0.5) is 14.5 Å². The molecule has 1 aliphatic heterocycles. The van der Waals surface area contributed by atoms with E-state index in [2.05, 4.69) is 25.2 Å². The lowest BCUT2D eigenvalue weighted by Gasteiger charge is -2.36. The summed E-state index contributed by atoms with van der Waals surface area (Å²) >= 11 is 0. The van der Waals surface area contributed by atoms with Gasteiger partial charge in [-0.2, -0.15) is 4.39 Å². The Bertz CT molecular complexity index is 1330. The molecule has 0 unspecified atom stereocenters. The molecule has 1 aliphatic carbocycles. The molecule has 5 rings (SSSR count). The molecule has 1 amide bonds. The zero-order valence-electron chi connectivity index (χ0n) is 19.1. The Morgan fingerprint density at radius 3 is 2.56 bits per heavy atom. The van der Waals surface area contributed by atoms with Gasteiger partial charge in [-0.25, -0.2) is 14.4 Å². The fourth-order valence-corrected chi connectivity index (χ4v) is 4.51. The highest BCUT2D eigenvalue weighted by Gasteiger charge is 2.29. The fraction of sp³-hybridized carbons (Fsp3) is 0.417. The number of hydrogen-bond donors (Lipinski definition) is 2. The fourth-order valence-electron chi connectivity index (χ4n) is 4.51. The van der Waals surface area contributed by atoms with Crippen molar-refractivity contribution in [2.45, 2.75) is 32.2 Å². The summed E-state index contributed by atoms with van der Waals surface area (Å²) in [6.07, 6.45) is 2.08. The number of carbonyl (C=O) groups excluding carboxylic acids is 1. The number of amides is 1. The van der Waals surface area contributed by atoms with Gasteiger partial charge in [0.2, 0.25) is 5.95 Å².